The van der Waals surface area contributed by atoms with Gasteiger partial charge in [0, 0.05) is 35.8 Å². The molecular formula is C24H27N3O4S. The minimum absolute atomic E-state index is 0.0998. The van der Waals surface area contributed by atoms with Crippen LogP contribution in [0.1, 0.15) is 28.9 Å². The fourth-order valence-electron chi connectivity index (χ4n) is 3.73. The van der Waals surface area contributed by atoms with E-state index in [2.05, 4.69) is 27.3 Å². The molecule has 1 aliphatic heterocycles. The van der Waals surface area contributed by atoms with E-state index < -0.39 is 0 Å². The van der Waals surface area contributed by atoms with Gasteiger partial charge in [-0.25, -0.2) is 4.98 Å². The van der Waals surface area contributed by atoms with Crippen molar-refractivity contribution in [2.24, 2.45) is 0 Å². The number of aromatic nitrogens is 1. The zero-order chi connectivity index (χ0) is 22.3. The molecule has 0 aliphatic carbocycles. The summed E-state index contributed by atoms with van der Waals surface area (Å²) < 4.78 is 16.5. The van der Waals surface area contributed by atoms with Crippen molar-refractivity contribution in [3.8, 4) is 17.2 Å². The third-order valence-corrected chi connectivity index (χ3v) is 6.19. The Kier molecular flexibility index (Phi) is 7.11. The van der Waals surface area contributed by atoms with Crippen molar-refractivity contribution in [1.82, 2.24) is 10.3 Å². The number of hydrogen-bond acceptors (Lipinski definition) is 7. The molecule has 0 atom stereocenters. The van der Waals surface area contributed by atoms with Crippen LogP contribution in [0.3, 0.4) is 0 Å². The summed E-state index contributed by atoms with van der Waals surface area (Å²) >= 11 is 1.52. The molecule has 1 saturated heterocycles. The first kappa shape index (κ1) is 22.0. The molecule has 4 rings (SSSR count). The number of carbonyl (C=O) groups is 1. The summed E-state index contributed by atoms with van der Waals surface area (Å²) in [5.74, 6) is 1.87. The third-order valence-electron chi connectivity index (χ3n) is 5.55. The minimum atomic E-state index is -0.0998. The second-order valence-electron chi connectivity index (χ2n) is 7.57. The summed E-state index contributed by atoms with van der Waals surface area (Å²) in [6.45, 7) is 2.14. The Morgan fingerprint density at radius 1 is 1.09 bits per heavy atom. The van der Waals surface area contributed by atoms with Crippen LogP contribution in [0.15, 0.2) is 53.4 Å². The van der Waals surface area contributed by atoms with Crippen LogP contribution in [0.5, 0.6) is 17.2 Å². The molecule has 1 N–H and O–H groups in total. The number of methoxy groups -OCH3 is 2. The van der Waals surface area contributed by atoms with Gasteiger partial charge in [0.1, 0.15) is 12.4 Å². The van der Waals surface area contributed by atoms with Crippen molar-refractivity contribution < 1.29 is 19.0 Å². The number of amides is 1. The third kappa shape index (κ3) is 5.31. The number of ether oxygens (including phenoxy) is 3. The number of thiazole rings is 1. The van der Waals surface area contributed by atoms with Gasteiger partial charge in [-0.1, -0.05) is 0 Å². The number of anilines is 1. The Morgan fingerprint density at radius 2 is 1.88 bits per heavy atom. The quantitative estimate of drug-likeness (QED) is 0.553. The van der Waals surface area contributed by atoms with E-state index in [1.807, 2.05) is 17.5 Å². The standard InChI is InChI=1S/C24H27N3O4S/c1-29-21-6-4-20(5-7-21)27-11-9-18(10-12-27)26-24(28)17-3-8-22(23(13-17)30-2)31-14-19-15-32-16-25-19/h3-8,13,15-16,18H,9-12,14H2,1-2H3,(H,26,28). The fraction of sp³-hybridized carbons (Fsp3) is 0.333. The molecule has 0 unspecified atom stereocenters. The molecule has 2 heterocycles. The molecule has 0 radical (unpaired) electrons. The van der Waals surface area contributed by atoms with Crippen LogP contribution in [0, 0.1) is 0 Å². The maximum atomic E-state index is 12.8. The first-order valence-electron chi connectivity index (χ1n) is 10.5. The number of nitrogens with one attached hydrogen (secondary N) is 1. The molecule has 0 bridgehead atoms. The Bertz CT molecular complexity index is 1020. The fourth-order valence-corrected chi connectivity index (χ4v) is 4.28. The average molecular weight is 454 g/mol. The number of rotatable bonds is 8. The molecule has 32 heavy (non-hydrogen) atoms. The largest absolute Gasteiger partial charge is 0.497 e. The topological polar surface area (TPSA) is 72.9 Å². The van der Waals surface area contributed by atoms with Gasteiger partial charge in [-0.3, -0.25) is 4.79 Å². The molecule has 3 aromatic rings. The molecule has 8 heteroatoms. The highest BCUT2D eigenvalue weighted by atomic mass is 32.1. The molecule has 0 spiro atoms. The van der Waals surface area contributed by atoms with E-state index in [4.69, 9.17) is 14.2 Å². The van der Waals surface area contributed by atoms with Crippen LogP contribution in [-0.4, -0.2) is 44.2 Å². The van der Waals surface area contributed by atoms with Gasteiger partial charge in [0.05, 0.1) is 25.4 Å². The van der Waals surface area contributed by atoms with E-state index in [9.17, 15) is 4.79 Å². The van der Waals surface area contributed by atoms with Crippen molar-refractivity contribution in [2.75, 3.05) is 32.2 Å². The highest BCUT2D eigenvalue weighted by Crippen LogP contribution is 2.29. The SMILES string of the molecule is COc1ccc(N2CCC(NC(=O)c3ccc(OCc4cscn4)c(OC)c3)CC2)cc1. The maximum absolute atomic E-state index is 12.8. The van der Waals surface area contributed by atoms with E-state index in [1.54, 1.807) is 37.9 Å². The van der Waals surface area contributed by atoms with Crippen molar-refractivity contribution in [2.45, 2.75) is 25.5 Å². The van der Waals surface area contributed by atoms with E-state index in [0.717, 1.165) is 37.4 Å². The Labute approximate surface area is 191 Å². The van der Waals surface area contributed by atoms with Gasteiger partial charge in [0.2, 0.25) is 0 Å². The van der Waals surface area contributed by atoms with Crippen molar-refractivity contribution in [3.63, 3.8) is 0 Å². The molecule has 1 fully saturated rings. The highest BCUT2D eigenvalue weighted by Gasteiger charge is 2.22. The maximum Gasteiger partial charge on any atom is 0.251 e. The normalized spacial score (nSPS) is 14.1. The molecule has 7 nitrogen and oxygen atoms in total. The van der Waals surface area contributed by atoms with Gasteiger partial charge in [-0.15, -0.1) is 11.3 Å². The van der Waals surface area contributed by atoms with Gasteiger partial charge >= 0.3 is 0 Å². The smallest absolute Gasteiger partial charge is 0.251 e. The first-order valence-corrected chi connectivity index (χ1v) is 11.5. The zero-order valence-electron chi connectivity index (χ0n) is 18.2. The van der Waals surface area contributed by atoms with Crippen molar-refractivity contribution in [3.05, 3.63) is 64.6 Å². The summed E-state index contributed by atoms with van der Waals surface area (Å²) in [5, 5.41) is 5.10. The van der Waals surface area contributed by atoms with Crippen LogP contribution in [0.4, 0.5) is 5.69 Å². The summed E-state index contributed by atoms with van der Waals surface area (Å²) in [7, 11) is 3.24. The molecular weight excluding hydrogens is 426 g/mol. The van der Waals surface area contributed by atoms with E-state index in [-0.39, 0.29) is 11.9 Å². The van der Waals surface area contributed by atoms with E-state index >= 15 is 0 Å². The Balaban J connectivity index is 1.31. The van der Waals surface area contributed by atoms with Crippen molar-refractivity contribution in [1.29, 1.82) is 0 Å². The van der Waals surface area contributed by atoms with Gasteiger partial charge in [0.25, 0.3) is 5.91 Å². The predicted molar refractivity (Wildman–Crippen MR) is 125 cm³/mol. The van der Waals surface area contributed by atoms with E-state index in [1.165, 1.54) is 17.0 Å². The number of hydrogen-bond donors (Lipinski definition) is 1. The predicted octanol–water partition coefficient (Wildman–Crippen LogP) is 4.14. The minimum Gasteiger partial charge on any atom is -0.497 e. The lowest BCUT2D eigenvalue weighted by Gasteiger charge is -2.34. The summed E-state index contributed by atoms with van der Waals surface area (Å²) in [6, 6.07) is 13.5. The highest BCUT2D eigenvalue weighted by molar-refractivity contribution is 7.07. The molecule has 168 valence electrons. The first-order chi connectivity index (χ1) is 15.7. The second kappa shape index (κ2) is 10.4. The van der Waals surface area contributed by atoms with Gasteiger partial charge in [-0.05, 0) is 55.3 Å². The van der Waals surface area contributed by atoms with E-state index in [0.29, 0.717) is 23.7 Å². The molecule has 2 aromatic carbocycles. The number of piperidine rings is 1. The summed E-state index contributed by atoms with van der Waals surface area (Å²) in [4.78, 5) is 19.4. The van der Waals surface area contributed by atoms with Crippen LogP contribution in [-0.2, 0) is 6.61 Å². The molecule has 0 saturated carbocycles. The second-order valence-corrected chi connectivity index (χ2v) is 8.29. The summed E-state index contributed by atoms with van der Waals surface area (Å²) in [6.07, 6.45) is 1.79. The lowest BCUT2D eigenvalue weighted by atomic mass is 10.0. The molecule has 1 aromatic heterocycles. The zero-order valence-corrected chi connectivity index (χ0v) is 19.1. The van der Waals surface area contributed by atoms with Crippen LogP contribution in [0.2, 0.25) is 0 Å². The number of carbonyl (C=O) groups excluding carboxylic acids is 1. The van der Waals surface area contributed by atoms with Crippen LogP contribution >= 0.6 is 11.3 Å². The lowest BCUT2D eigenvalue weighted by Crippen LogP contribution is -2.44. The molecule has 1 aliphatic rings. The molecule has 1 amide bonds. The van der Waals surface area contributed by atoms with Crippen LogP contribution < -0.4 is 24.4 Å². The van der Waals surface area contributed by atoms with Gasteiger partial charge in [-0.2, -0.15) is 0 Å². The Morgan fingerprint density at radius 3 is 2.53 bits per heavy atom. The number of benzene rings is 2. The average Bonchev–Trinajstić information content (AvgIpc) is 3.37. The van der Waals surface area contributed by atoms with Crippen LogP contribution in [0.25, 0.3) is 0 Å². The monoisotopic (exact) mass is 453 g/mol. The van der Waals surface area contributed by atoms with Gasteiger partial charge < -0.3 is 24.4 Å². The van der Waals surface area contributed by atoms with Gasteiger partial charge in [0.15, 0.2) is 11.5 Å². The lowest BCUT2D eigenvalue weighted by molar-refractivity contribution is 0.0930. The van der Waals surface area contributed by atoms with Crippen molar-refractivity contribution >= 4 is 22.9 Å². The Hall–Kier alpha value is -3.26. The summed E-state index contributed by atoms with van der Waals surface area (Å²) in [5.41, 5.74) is 4.36. The number of nitrogens with zero attached hydrogens (tertiary/aromatic N) is 2.